The number of carbonyl (C=O) groups is 1. The molecule has 0 radical (unpaired) electrons. The Kier molecular flexibility index (Phi) is 5.61. The Balaban J connectivity index is 2.05. The molecule has 2 rings (SSSR count). The molecule has 0 aliphatic rings. The molecule has 116 valence electrons. The molecule has 0 aromatic heterocycles. The first-order valence-corrected chi connectivity index (χ1v) is 8.04. The number of anilines is 1. The first-order chi connectivity index (χ1) is 10.5. The Hall–Kier alpha value is -1.81. The smallest absolute Gasteiger partial charge is 0.262 e. The summed E-state index contributed by atoms with van der Waals surface area (Å²) in [5.74, 6) is 0.921. The molecule has 0 spiro atoms. The predicted molar refractivity (Wildman–Crippen MR) is 93.5 cm³/mol. The summed E-state index contributed by atoms with van der Waals surface area (Å²) in [6.45, 7) is 6.21. The standard InChI is InChI=1S/C18H20BrNO2/c1-12(2)15-10-16(19)13(3)9-17(15)22-11-18(21)20-14-7-5-4-6-8-14/h4-10,12H,11H2,1-3H3,(H,20,21). The fourth-order valence-electron chi connectivity index (χ4n) is 2.11. The maximum absolute atomic E-state index is 12.0. The number of carbonyl (C=O) groups excluding carboxylic acids is 1. The fraction of sp³-hybridized carbons (Fsp3) is 0.278. The van der Waals surface area contributed by atoms with Crippen molar-refractivity contribution < 1.29 is 9.53 Å². The zero-order valence-electron chi connectivity index (χ0n) is 13.0. The third kappa shape index (κ3) is 4.34. The van der Waals surface area contributed by atoms with Gasteiger partial charge in [0.1, 0.15) is 5.75 Å². The third-order valence-corrected chi connectivity index (χ3v) is 4.18. The highest BCUT2D eigenvalue weighted by Gasteiger charge is 2.12. The lowest BCUT2D eigenvalue weighted by Gasteiger charge is -2.16. The molecule has 0 fully saturated rings. The molecular formula is C18H20BrNO2. The maximum Gasteiger partial charge on any atom is 0.262 e. The van der Waals surface area contributed by atoms with Gasteiger partial charge in [-0.15, -0.1) is 0 Å². The van der Waals surface area contributed by atoms with Crippen LogP contribution in [0.15, 0.2) is 46.9 Å². The maximum atomic E-state index is 12.0. The number of aryl methyl sites for hydroxylation is 1. The molecule has 2 aromatic rings. The van der Waals surface area contributed by atoms with Crippen molar-refractivity contribution in [3.05, 3.63) is 58.1 Å². The van der Waals surface area contributed by atoms with E-state index in [4.69, 9.17) is 4.74 Å². The topological polar surface area (TPSA) is 38.3 Å². The van der Waals surface area contributed by atoms with Gasteiger partial charge < -0.3 is 10.1 Å². The Bertz CT molecular complexity index is 654. The van der Waals surface area contributed by atoms with Gasteiger partial charge in [0.25, 0.3) is 5.91 Å². The normalized spacial score (nSPS) is 10.6. The van der Waals surface area contributed by atoms with Crippen LogP contribution in [0.4, 0.5) is 5.69 Å². The minimum Gasteiger partial charge on any atom is -0.483 e. The van der Waals surface area contributed by atoms with E-state index in [1.807, 2.05) is 43.3 Å². The minimum atomic E-state index is -0.165. The second-order valence-corrected chi connectivity index (χ2v) is 6.35. The van der Waals surface area contributed by atoms with Crippen molar-refractivity contribution in [2.45, 2.75) is 26.7 Å². The van der Waals surface area contributed by atoms with Crippen LogP contribution in [0.25, 0.3) is 0 Å². The lowest BCUT2D eigenvalue weighted by atomic mass is 10.0. The zero-order chi connectivity index (χ0) is 16.1. The van der Waals surface area contributed by atoms with Crippen molar-refractivity contribution in [1.82, 2.24) is 0 Å². The number of hydrogen-bond acceptors (Lipinski definition) is 2. The largest absolute Gasteiger partial charge is 0.483 e. The molecule has 1 N–H and O–H groups in total. The number of nitrogens with one attached hydrogen (secondary N) is 1. The highest BCUT2D eigenvalue weighted by molar-refractivity contribution is 9.10. The van der Waals surface area contributed by atoms with E-state index in [1.165, 1.54) is 0 Å². The van der Waals surface area contributed by atoms with E-state index in [2.05, 4.69) is 41.2 Å². The van der Waals surface area contributed by atoms with Crippen LogP contribution in [0.3, 0.4) is 0 Å². The predicted octanol–water partition coefficient (Wildman–Crippen LogP) is 4.90. The molecule has 0 unspecified atom stereocenters. The number of para-hydroxylation sites is 1. The summed E-state index contributed by atoms with van der Waals surface area (Å²) in [6.07, 6.45) is 0. The summed E-state index contributed by atoms with van der Waals surface area (Å²) in [5, 5.41) is 2.81. The van der Waals surface area contributed by atoms with Crippen LogP contribution in [-0.2, 0) is 4.79 Å². The van der Waals surface area contributed by atoms with E-state index in [1.54, 1.807) is 0 Å². The van der Waals surface area contributed by atoms with Crippen LogP contribution in [-0.4, -0.2) is 12.5 Å². The molecular weight excluding hydrogens is 342 g/mol. The lowest BCUT2D eigenvalue weighted by Crippen LogP contribution is -2.20. The lowest BCUT2D eigenvalue weighted by molar-refractivity contribution is -0.118. The molecule has 0 saturated carbocycles. The average molecular weight is 362 g/mol. The van der Waals surface area contributed by atoms with Gasteiger partial charge in [0, 0.05) is 10.2 Å². The molecule has 0 saturated heterocycles. The average Bonchev–Trinajstić information content (AvgIpc) is 2.49. The summed E-state index contributed by atoms with van der Waals surface area (Å²) in [4.78, 5) is 12.0. The number of hydrogen-bond donors (Lipinski definition) is 1. The summed E-state index contributed by atoms with van der Waals surface area (Å²) in [5.41, 5.74) is 2.94. The number of halogens is 1. The first-order valence-electron chi connectivity index (χ1n) is 7.25. The van der Waals surface area contributed by atoms with Crippen molar-refractivity contribution in [1.29, 1.82) is 0 Å². The van der Waals surface area contributed by atoms with Gasteiger partial charge in [-0.05, 0) is 48.2 Å². The fourth-order valence-corrected chi connectivity index (χ4v) is 2.47. The monoisotopic (exact) mass is 361 g/mol. The molecule has 0 heterocycles. The molecule has 2 aromatic carbocycles. The van der Waals surface area contributed by atoms with Gasteiger partial charge in [-0.3, -0.25) is 4.79 Å². The number of ether oxygens (including phenoxy) is 1. The second-order valence-electron chi connectivity index (χ2n) is 5.50. The van der Waals surface area contributed by atoms with Gasteiger partial charge in [0.2, 0.25) is 0 Å². The number of amides is 1. The SMILES string of the molecule is Cc1cc(OCC(=O)Nc2ccccc2)c(C(C)C)cc1Br. The Morgan fingerprint density at radius 1 is 1.23 bits per heavy atom. The van der Waals surface area contributed by atoms with Crippen molar-refractivity contribution in [2.24, 2.45) is 0 Å². The van der Waals surface area contributed by atoms with Crippen molar-refractivity contribution in [3.8, 4) is 5.75 Å². The van der Waals surface area contributed by atoms with Crippen molar-refractivity contribution in [3.63, 3.8) is 0 Å². The molecule has 4 heteroatoms. The first kappa shape index (κ1) is 16.6. The molecule has 1 amide bonds. The Morgan fingerprint density at radius 3 is 2.55 bits per heavy atom. The van der Waals surface area contributed by atoms with E-state index in [0.29, 0.717) is 5.92 Å². The van der Waals surface area contributed by atoms with Crippen molar-refractivity contribution >= 4 is 27.5 Å². The zero-order valence-corrected chi connectivity index (χ0v) is 14.6. The summed E-state index contributed by atoms with van der Waals surface area (Å²) in [6, 6.07) is 13.4. The van der Waals surface area contributed by atoms with E-state index >= 15 is 0 Å². The second kappa shape index (κ2) is 7.45. The van der Waals surface area contributed by atoms with E-state index < -0.39 is 0 Å². The molecule has 0 bridgehead atoms. The van der Waals surface area contributed by atoms with E-state index in [0.717, 1.165) is 27.0 Å². The van der Waals surface area contributed by atoms with Crippen LogP contribution in [0.2, 0.25) is 0 Å². The van der Waals surface area contributed by atoms with Gasteiger partial charge in [-0.25, -0.2) is 0 Å². The van der Waals surface area contributed by atoms with E-state index in [9.17, 15) is 4.79 Å². The molecule has 22 heavy (non-hydrogen) atoms. The third-order valence-electron chi connectivity index (χ3n) is 3.33. The Labute approximate surface area is 139 Å². The van der Waals surface area contributed by atoms with Gasteiger partial charge >= 0.3 is 0 Å². The Morgan fingerprint density at radius 2 is 1.91 bits per heavy atom. The highest BCUT2D eigenvalue weighted by Crippen LogP contribution is 2.32. The van der Waals surface area contributed by atoms with Gasteiger partial charge in [-0.1, -0.05) is 48.0 Å². The van der Waals surface area contributed by atoms with Crippen LogP contribution >= 0.6 is 15.9 Å². The number of benzene rings is 2. The van der Waals surface area contributed by atoms with Gasteiger partial charge in [-0.2, -0.15) is 0 Å². The van der Waals surface area contributed by atoms with Crippen LogP contribution < -0.4 is 10.1 Å². The van der Waals surface area contributed by atoms with Crippen LogP contribution in [0.1, 0.15) is 30.9 Å². The van der Waals surface area contributed by atoms with Gasteiger partial charge in [0.15, 0.2) is 6.61 Å². The van der Waals surface area contributed by atoms with Crippen LogP contribution in [0, 0.1) is 6.92 Å². The van der Waals surface area contributed by atoms with Gasteiger partial charge in [0.05, 0.1) is 0 Å². The molecule has 0 aliphatic heterocycles. The van der Waals surface area contributed by atoms with Crippen molar-refractivity contribution in [2.75, 3.05) is 11.9 Å². The quantitative estimate of drug-likeness (QED) is 0.822. The van der Waals surface area contributed by atoms with Crippen LogP contribution in [0.5, 0.6) is 5.75 Å². The summed E-state index contributed by atoms with van der Waals surface area (Å²) >= 11 is 3.54. The molecule has 0 atom stereocenters. The number of rotatable bonds is 5. The summed E-state index contributed by atoms with van der Waals surface area (Å²) in [7, 11) is 0. The minimum absolute atomic E-state index is 0.00428. The highest BCUT2D eigenvalue weighted by atomic mass is 79.9. The van der Waals surface area contributed by atoms with E-state index in [-0.39, 0.29) is 12.5 Å². The molecule has 0 aliphatic carbocycles. The molecule has 3 nitrogen and oxygen atoms in total. The summed E-state index contributed by atoms with van der Waals surface area (Å²) < 4.78 is 6.79.